The molecule has 1 heterocycles. The van der Waals surface area contributed by atoms with Crippen molar-refractivity contribution in [3.8, 4) is 5.75 Å². The summed E-state index contributed by atoms with van der Waals surface area (Å²) in [6.07, 6.45) is 1.79. The number of para-hydroxylation sites is 1. The van der Waals surface area contributed by atoms with Gasteiger partial charge in [-0.15, -0.1) is 11.3 Å². The van der Waals surface area contributed by atoms with Gasteiger partial charge in [0, 0.05) is 16.8 Å². The van der Waals surface area contributed by atoms with Crippen LogP contribution < -0.4 is 5.32 Å². The van der Waals surface area contributed by atoms with Crippen molar-refractivity contribution in [1.82, 2.24) is 0 Å². The van der Waals surface area contributed by atoms with Gasteiger partial charge in [0.15, 0.2) is 0 Å². The molecule has 0 spiro atoms. The number of anilines is 1. The molecular formula is C18H14N2O2S. The third kappa shape index (κ3) is 3.84. The number of aliphatic imine (C=N–C) groups is 1. The van der Waals surface area contributed by atoms with Gasteiger partial charge in [-0.05, 0) is 41.8 Å². The summed E-state index contributed by atoms with van der Waals surface area (Å²) in [4.78, 5) is 17.6. The normalized spacial score (nSPS) is 10.8. The molecule has 0 saturated heterocycles. The van der Waals surface area contributed by atoms with E-state index in [1.54, 1.807) is 47.9 Å². The van der Waals surface area contributed by atoms with E-state index in [1.165, 1.54) is 6.07 Å². The number of aromatic hydroxyl groups is 1. The molecule has 5 heteroatoms. The second kappa shape index (κ2) is 6.89. The van der Waals surface area contributed by atoms with Crippen molar-refractivity contribution < 1.29 is 9.90 Å². The van der Waals surface area contributed by atoms with Gasteiger partial charge >= 0.3 is 0 Å². The molecule has 0 aliphatic heterocycles. The van der Waals surface area contributed by atoms with Gasteiger partial charge in [0.1, 0.15) is 5.75 Å². The molecule has 0 saturated carbocycles. The zero-order valence-electron chi connectivity index (χ0n) is 12.1. The van der Waals surface area contributed by atoms with Crippen molar-refractivity contribution in [2.24, 2.45) is 4.99 Å². The Balaban J connectivity index is 1.75. The Morgan fingerprint density at radius 2 is 1.96 bits per heavy atom. The molecule has 0 fully saturated rings. The van der Waals surface area contributed by atoms with Gasteiger partial charge in [0.2, 0.25) is 0 Å². The van der Waals surface area contributed by atoms with E-state index < -0.39 is 0 Å². The lowest BCUT2D eigenvalue weighted by Gasteiger charge is -2.07. The first-order chi connectivity index (χ1) is 11.2. The van der Waals surface area contributed by atoms with Crippen LogP contribution >= 0.6 is 11.3 Å². The Kier molecular flexibility index (Phi) is 4.49. The van der Waals surface area contributed by atoms with E-state index in [1.807, 2.05) is 29.6 Å². The van der Waals surface area contributed by atoms with Crippen LogP contribution in [0, 0.1) is 0 Å². The largest absolute Gasteiger partial charge is 0.507 e. The summed E-state index contributed by atoms with van der Waals surface area (Å²) in [6.45, 7) is 0. The number of phenolic OH excluding ortho intramolecular Hbond substituents is 1. The third-order valence-electron chi connectivity index (χ3n) is 3.14. The second-order valence-electron chi connectivity index (χ2n) is 4.80. The number of hydrogen-bond donors (Lipinski definition) is 2. The SMILES string of the molecule is O=C(Nc1cccc(N=Cc2cccs2)c1)c1ccccc1O. The average molecular weight is 322 g/mol. The molecule has 3 aromatic rings. The molecule has 0 atom stereocenters. The van der Waals surface area contributed by atoms with Crippen LogP contribution in [0.1, 0.15) is 15.2 Å². The zero-order chi connectivity index (χ0) is 16.1. The molecule has 23 heavy (non-hydrogen) atoms. The smallest absolute Gasteiger partial charge is 0.259 e. The summed E-state index contributed by atoms with van der Waals surface area (Å²) in [5, 5.41) is 14.5. The van der Waals surface area contributed by atoms with Gasteiger partial charge in [0.05, 0.1) is 11.3 Å². The van der Waals surface area contributed by atoms with Crippen LogP contribution in [0.5, 0.6) is 5.75 Å². The molecule has 0 aliphatic rings. The van der Waals surface area contributed by atoms with E-state index in [-0.39, 0.29) is 17.2 Å². The van der Waals surface area contributed by atoms with E-state index in [9.17, 15) is 9.90 Å². The summed E-state index contributed by atoms with van der Waals surface area (Å²) in [5.74, 6) is -0.403. The molecule has 0 radical (unpaired) electrons. The maximum Gasteiger partial charge on any atom is 0.259 e. The summed E-state index contributed by atoms with van der Waals surface area (Å²) < 4.78 is 0. The van der Waals surface area contributed by atoms with Crippen molar-refractivity contribution in [3.05, 3.63) is 76.5 Å². The topological polar surface area (TPSA) is 61.7 Å². The third-order valence-corrected chi connectivity index (χ3v) is 3.94. The first kappa shape index (κ1) is 15.0. The van der Waals surface area contributed by atoms with Crippen LogP contribution in [0.2, 0.25) is 0 Å². The molecule has 1 aromatic heterocycles. The van der Waals surface area contributed by atoms with Crippen molar-refractivity contribution in [1.29, 1.82) is 0 Å². The average Bonchev–Trinajstić information content (AvgIpc) is 3.07. The number of thiophene rings is 1. The molecule has 3 rings (SSSR count). The van der Waals surface area contributed by atoms with Gasteiger partial charge in [-0.3, -0.25) is 9.79 Å². The molecule has 0 unspecified atom stereocenters. The highest BCUT2D eigenvalue weighted by Gasteiger charge is 2.10. The van der Waals surface area contributed by atoms with Crippen molar-refractivity contribution in [3.63, 3.8) is 0 Å². The van der Waals surface area contributed by atoms with Crippen LogP contribution in [-0.4, -0.2) is 17.2 Å². The van der Waals surface area contributed by atoms with Gasteiger partial charge in [0.25, 0.3) is 5.91 Å². The molecule has 114 valence electrons. The molecule has 2 aromatic carbocycles. The van der Waals surface area contributed by atoms with Gasteiger partial charge in [-0.1, -0.05) is 24.3 Å². The van der Waals surface area contributed by atoms with Crippen LogP contribution in [0.25, 0.3) is 0 Å². The Morgan fingerprint density at radius 3 is 2.74 bits per heavy atom. The Bertz CT molecular complexity index is 842. The Labute approximate surface area is 137 Å². The number of amides is 1. The summed E-state index contributed by atoms with van der Waals surface area (Å²) in [7, 11) is 0. The molecule has 2 N–H and O–H groups in total. The highest BCUT2D eigenvalue weighted by molar-refractivity contribution is 7.11. The Hall–Kier alpha value is -2.92. The summed E-state index contributed by atoms with van der Waals surface area (Å²) >= 11 is 1.61. The lowest BCUT2D eigenvalue weighted by molar-refractivity contribution is 0.102. The molecule has 1 amide bonds. The lowest BCUT2D eigenvalue weighted by Crippen LogP contribution is -2.11. The molecule has 0 bridgehead atoms. The van der Waals surface area contributed by atoms with Crippen LogP contribution in [0.4, 0.5) is 11.4 Å². The number of nitrogens with zero attached hydrogens (tertiary/aromatic N) is 1. The predicted molar refractivity (Wildman–Crippen MR) is 94.1 cm³/mol. The van der Waals surface area contributed by atoms with E-state index in [0.717, 1.165) is 10.6 Å². The van der Waals surface area contributed by atoms with Crippen LogP contribution in [-0.2, 0) is 0 Å². The van der Waals surface area contributed by atoms with E-state index >= 15 is 0 Å². The minimum absolute atomic E-state index is 0.0446. The van der Waals surface area contributed by atoms with Gasteiger partial charge in [-0.2, -0.15) is 0 Å². The molecule has 0 aliphatic carbocycles. The van der Waals surface area contributed by atoms with Crippen LogP contribution in [0.15, 0.2) is 71.0 Å². The maximum absolute atomic E-state index is 12.2. The molecule has 4 nitrogen and oxygen atoms in total. The Morgan fingerprint density at radius 1 is 1.09 bits per heavy atom. The van der Waals surface area contributed by atoms with Gasteiger partial charge in [-0.25, -0.2) is 0 Å². The fourth-order valence-electron chi connectivity index (χ4n) is 2.03. The quantitative estimate of drug-likeness (QED) is 0.697. The minimum atomic E-state index is -0.359. The highest BCUT2D eigenvalue weighted by atomic mass is 32.1. The molecular weight excluding hydrogens is 308 g/mol. The van der Waals surface area contributed by atoms with E-state index in [0.29, 0.717) is 5.69 Å². The van der Waals surface area contributed by atoms with E-state index in [4.69, 9.17) is 0 Å². The monoisotopic (exact) mass is 322 g/mol. The number of rotatable bonds is 4. The second-order valence-corrected chi connectivity index (χ2v) is 5.77. The van der Waals surface area contributed by atoms with Crippen molar-refractivity contribution in [2.75, 3.05) is 5.32 Å². The number of benzene rings is 2. The lowest BCUT2D eigenvalue weighted by atomic mass is 10.2. The zero-order valence-corrected chi connectivity index (χ0v) is 13.0. The van der Waals surface area contributed by atoms with Crippen molar-refractivity contribution in [2.45, 2.75) is 0 Å². The minimum Gasteiger partial charge on any atom is -0.507 e. The number of carbonyl (C=O) groups is 1. The predicted octanol–water partition coefficient (Wildman–Crippen LogP) is 4.46. The standard InChI is InChI=1S/C18H14N2O2S/c21-17-9-2-1-8-16(17)18(22)20-14-6-3-5-13(11-14)19-12-15-7-4-10-23-15/h1-12,21H,(H,20,22). The van der Waals surface area contributed by atoms with Crippen LogP contribution in [0.3, 0.4) is 0 Å². The fourth-order valence-corrected chi connectivity index (χ4v) is 2.62. The number of hydrogen-bond acceptors (Lipinski definition) is 4. The summed E-state index contributed by atoms with van der Waals surface area (Å²) in [6, 6.07) is 17.6. The van der Waals surface area contributed by atoms with Gasteiger partial charge < -0.3 is 10.4 Å². The first-order valence-corrected chi connectivity index (χ1v) is 7.87. The van der Waals surface area contributed by atoms with Crippen molar-refractivity contribution >= 4 is 34.8 Å². The summed E-state index contributed by atoms with van der Waals surface area (Å²) in [5.41, 5.74) is 1.60. The highest BCUT2D eigenvalue weighted by Crippen LogP contribution is 2.21. The number of carbonyl (C=O) groups excluding carboxylic acids is 1. The number of phenols is 1. The maximum atomic E-state index is 12.2. The fraction of sp³-hybridized carbons (Fsp3) is 0. The number of nitrogens with one attached hydrogen (secondary N) is 1. The first-order valence-electron chi connectivity index (χ1n) is 6.99. The van der Waals surface area contributed by atoms with E-state index in [2.05, 4.69) is 10.3 Å².